The average Bonchev–Trinajstić information content (AvgIpc) is 2.81. The van der Waals surface area contributed by atoms with Crippen LogP contribution in [0.25, 0.3) is 6.08 Å². The van der Waals surface area contributed by atoms with Crippen LogP contribution in [0.1, 0.15) is 5.56 Å². The fraction of sp³-hybridized carbons (Fsp3) is 0.286. The van der Waals surface area contributed by atoms with Gasteiger partial charge in [-0.15, -0.1) is 0 Å². The molecular weight excluding hydrogens is 276 g/mol. The number of benzene rings is 1. The third-order valence-corrected chi connectivity index (χ3v) is 3.76. The first-order valence-electron chi connectivity index (χ1n) is 6.29. The molecule has 0 unspecified atom stereocenters. The molecule has 0 atom stereocenters. The highest BCUT2D eigenvalue weighted by molar-refractivity contribution is 8.18. The maximum atomic E-state index is 11.9. The van der Waals surface area contributed by atoms with Gasteiger partial charge in [-0.1, -0.05) is 30.3 Å². The van der Waals surface area contributed by atoms with E-state index in [1.807, 2.05) is 30.3 Å². The van der Waals surface area contributed by atoms with Crippen molar-refractivity contribution in [1.29, 1.82) is 0 Å². The number of amidine groups is 1. The number of aliphatic imine (C=N–C) groups is 1. The number of carbonyl (C=O) groups is 1. The largest absolute Gasteiger partial charge is 0.395 e. The summed E-state index contributed by atoms with van der Waals surface area (Å²) in [5.41, 5.74) is 0.940. The quantitative estimate of drug-likeness (QED) is 0.790. The first kappa shape index (κ1) is 14.8. The minimum absolute atomic E-state index is 0.0501. The monoisotopic (exact) mass is 292 g/mol. The van der Waals surface area contributed by atoms with Gasteiger partial charge in [0.1, 0.15) is 0 Å². The second-order valence-electron chi connectivity index (χ2n) is 4.16. The number of hydrogen-bond acceptors (Lipinski definition) is 5. The molecule has 1 aliphatic heterocycles. The van der Waals surface area contributed by atoms with E-state index < -0.39 is 0 Å². The molecule has 1 aromatic rings. The molecule has 106 valence electrons. The minimum Gasteiger partial charge on any atom is -0.395 e. The Hall–Kier alpha value is -1.63. The number of thioether (sulfide) groups is 1. The van der Waals surface area contributed by atoms with Crippen molar-refractivity contribution in [3.63, 3.8) is 0 Å². The zero-order valence-corrected chi connectivity index (χ0v) is 11.7. The zero-order valence-electron chi connectivity index (χ0n) is 10.9. The Morgan fingerprint density at radius 3 is 2.40 bits per heavy atom. The Balaban J connectivity index is 2.12. The lowest BCUT2D eigenvalue weighted by atomic mass is 10.2. The second kappa shape index (κ2) is 7.23. The maximum absolute atomic E-state index is 11.9. The first-order valence-corrected chi connectivity index (χ1v) is 7.10. The number of amides is 1. The lowest BCUT2D eigenvalue weighted by molar-refractivity contribution is -0.113. The zero-order chi connectivity index (χ0) is 14.4. The summed E-state index contributed by atoms with van der Waals surface area (Å²) in [5.74, 6) is -0.283. The molecule has 0 saturated carbocycles. The molecule has 20 heavy (non-hydrogen) atoms. The summed E-state index contributed by atoms with van der Waals surface area (Å²) >= 11 is 1.27. The Labute approximate surface area is 121 Å². The third-order valence-electron chi connectivity index (χ3n) is 2.72. The van der Waals surface area contributed by atoms with Crippen LogP contribution < -0.4 is 0 Å². The highest BCUT2D eigenvalue weighted by atomic mass is 32.2. The van der Waals surface area contributed by atoms with Gasteiger partial charge in [0.2, 0.25) is 0 Å². The number of hydrogen-bond donors (Lipinski definition) is 2. The van der Waals surface area contributed by atoms with Crippen molar-refractivity contribution < 1.29 is 15.0 Å². The predicted octanol–water partition coefficient (Wildman–Crippen LogP) is 0.944. The van der Waals surface area contributed by atoms with Crippen LogP contribution in [0.15, 0.2) is 40.2 Å². The van der Waals surface area contributed by atoms with Gasteiger partial charge >= 0.3 is 0 Å². The van der Waals surface area contributed by atoms with E-state index >= 15 is 0 Å². The molecule has 0 radical (unpaired) electrons. The second-order valence-corrected chi connectivity index (χ2v) is 5.16. The smallest absolute Gasteiger partial charge is 0.286 e. The molecule has 5 nitrogen and oxygen atoms in total. The van der Waals surface area contributed by atoms with Crippen LogP contribution >= 0.6 is 11.8 Å². The molecule has 0 saturated heterocycles. The van der Waals surface area contributed by atoms with Crippen LogP contribution in [0, 0.1) is 0 Å². The molecule has 0 aliphatic carbocycles. The number of nitrogens with zero attached hydrogens (tertiary/aromatic N) is 2. The molecule has 0 spiro atoms. The number of aliphatic hydroxyl groups is 2. The van der Waals surface area contributed by atoms with E-state index in [1.165, 1.54) is 11.8 Å². The summed E-state index contributed by atoms with van der Waals surface area (Å²) in [6.45, 7) is 0.591. The van der Waals surface area contributed by atoms with Crippen molar-refractivity contribution in [2.24, 2.45) is 4.99 Å². The molecule has 0 fully saturated rings. The van der Waals surface area contributed by atoms with Gasteiger partial charge in [0.05, 0.1) is 18.1 Å². The van der Waals surface area contributed by atoms with Crippen LogP contribution in [0.2, 0.25) is 0 Å². The van der Waals surface area contributed by atoms with Gasteiger partial charge in [0.15, 0.2) is 5.17 Å². The van der Waals surface area contributed by atoms with Gasteiger partial charge in [-0.2, -0.15) is 4.99 Å². The standard InChI is InChI=1S/C14H16N2O3S/c17-8-6-16(7-9-18)14-15-13(19)12(20-14)10-11-4-2-1-3-5-11/h1-5,10,17-18H,6-9H2/b12-10+. The molecule has 1 heterocycles. The molecular formula is C14H16N2O3S. The van der Waals surface area contributed by atoms with E-state index in [0.29, 0.717) is 23.2 Å². The van der Waals surface area contributed by atoms with Crippen molar-refractivity contribution in [2.45, 2.75) is 0 Å². The van der Waals surface area contributed by atoms with Crippen molar-refractivity contribution in [2.75, 3.05) is 26.3 Å². The molecule has 1 aliphatic rings. The Bertz CT molecular complexity index is 522. The first-order chi connectivity index (χ1) is 9.74. The van der Waals surface area contributed by atoms with Crippen LogP contribution in [-0.2, 0) is 4.79 Å². The molecule has 1 aromatic carbocycles. The Kier molecular flexibility index (Phi) is 5.34. The fourth-order valence-electron chi connectivity index (χ4n) is 1.78. The summed E-state index contributed by atoms with van der Waals surface area (Å²) in [4.78, 5) is 18.1. The van der Waals surface area contributed by atoms with Crippen LogP contribution in [0.4, 0.5) is 0 Å². The van der Waals surface area contributed by atoms with Crippen LogP contribution in [-0.4, -0.2) is 52.5 Å². The molecule has 2 N–H and O–H groups in total. The fourth-order valence-corrected chi connectivity index (χ4v) is 2.74. The average molecular weight is 292 g/mol. The minimum atomic E-state index is -0.283. The normalized spacial score (nSPS) is 16.6. The van der Waals surface area contributed by atoms with Gasteiger partial charge < -0.3 is 15.1 Å². The van der Waals surface area contributed by atoms with E-state index in [4.69, 9.17) is 10.2 Å². The SMILES string of the molecule is O=C1N=C(N(CCO)CCO)S/C1=C/c1ccccc1. The van der Waals surface area contributed by atoms with E-state index in [0.717, 1.165) is 5.56 Å². The lowest BCUT2D eigenvalue weighted by Crippen LogP contribution is -2.33. The predicted molar refractivity (Wildman–Crippen MR) is 80.2 cm³/mol. The number of rotatable bonds is 5. The van der Waals surface area contributed by atoms with E-state index in [1.54, 1.807) is 11.0 Å². The van der Waals surface area contributed by atoms with Gasteiger partial charge in [-0.05, 0) is 23.4 Å². The summed E-state index contributed by atoms with van der Waals surface area (Å²) in [5, 5.41) is 18.5. The molecule has 0 aromatic heterocycles. The molecule has 1 amide bonds. The van der Waals surface area contributed by atoms with Crippen molar-refractivity contribution in [1.82, 2.24) is 4.90 Å². The summed E-state index contributed by atoms with van der Waals surface area (Å²) < 4.78 is 0. The Morgan fingerprint density at radius 2 is 1.80 bits per heavy atom. The van der Waals surface area contributed by atoms with Crippen molar-refractivity contribution >= 4 is 28.9 Å². The number of carbonyl (C=O) groups excluding carboxylic acids is 1. The van der Waals surface area contributed by atoms with Crippen LogP contribution in [0.5, 0.6) is 0 Å². The summed E-state index contributed by atoms with van der Waals surface area (Å²) in [6.07, 6.45) is 1.79. The van der Waals surface area contributed by atoms with Gasteiger partial charge in [0, 0.05) is 13.1 Å². The topological polar surface area (TPSA) is 73.1 Å². The lowest BCUT2D eigenvalue weighted by Gasteiger charge is -2.20. The maximum Gasteiger partial charge on any atom is 0.286 e. The molecule has 2 rings (SSSR count). The summed E-state index contributed by atoms with van der Waals surface area (Å²) in [7, 11) is 0. The van der Waals surface area contributed by atoms with E-state index in [-0.39, 0.29) is 19.1 Å². The van der Waals surface area contributed by atoms with E-state index in [9.17, 15) is 4.79 Å². The van der Waals surface area contributed by atoms with Crippen molar-refractivity contribution in [3.05, 3.63) is 40.8 Å². The molecule has 0 bridgehead atoms. The third kappa shape index (κ3) is 3.69. The number of aliphatic hydroxyl groups excluding tert-OH is 2. The van der Waals surface area contributed by atoms with Crippen molar-refractivity contribution in [3.8, 4) is 0 Å². The van der Waals surface area contributed by atoms with Gasteiger partial charge in [-0.25, -0.2) is 0 Å². The highest BCUT2D eigenvalue weighted by Crippen LogP contribution is 2.29. The summed E-state index contributed by atoms with van der Waals surface area (Å²) in [6, 6.07) is 9.55. The molecule has 6 heteroatoms. The highest BCUT2D eigenvalue weighted by Gasteiger charge is 2.25. The Morgan fingerprint density at radius 1 is 1.15 bits per heavy atom. The van der Waals surface area contributed by atoms with Crippen LogP contribution in [0.3, 0.4) is 0 Å². The van der Waals surface area contributed by atoms with Gasteiger partial charge in [-0.3, -0.25) is 4.79 Å². The van der Waals surface area contributed by atoms with E-state index in [2.05, 4.69) is 4.99 Å². The van der Waals surface area contributed by atoms with Gasteiger partial charge in [0.25, 0.3) is 5.91 Å².